The SMILES string of the molecule is I.NC(=NCC1(CN2CCOCC2)CCCCC1)NCCc1ccccc1. The summed E-state index contributed by atoms with van der Waals surface area (Å²) >= 11 is 0. The molecule has 1 heterocycles. The first-order chi connectivity index (χ1) is 12.8. The third kappa shape index (κ3) is 7.58. The van der Waals surface area contributed by atoms with Gasteiger partial charge in [-0.2, -0.15) is 0 Å². The first kappa shape index (κ1) is 22.4. The van der Waals surface area contributed by atoms with E-state index >= 15 is 0 Å². The zero-order chi connectivity index (χ0) is 18.1. The van der Waals surface area contributed by atoms with Crippen molar-refractivity contribution in [2.45, 2.75) is 38.5 Å². The molecular weight excluding hydrogens is 451 g/mol. The molecule has 6 heteroatoms. The highest BCUT2D eigenvalue weighted by atomic mass is 127. The van der Waals surface area contributed by atoms with Gasteiger partial charge in [0.1, 0.15) is 0 Å². The fourth-order valence-electron chi connectivity index (χ4n) is 4.19. The second kappa shape index (κ2) is 11.9. The molecule has 0 amide bonds. The molecule has 1 aliphatic heterocycles. The molecule has 1 aliphatic carbocycles. The van der Waals surface area contributed by atoms with Crippen LogP contribution in [0.5, 0.6) is 0 Å². The van der Waals surface area contributed by atoms with Gasteiger partial charge in [-0.05, 0) is 24.8 Å². The van der Waals surface area contributed by atoms with E-state index in [1.807, 2.05) is 6.07 Å². The van der Waals surface area contributed by atoms with E-state index in [1.54, 1.807) is 0 Å². The Hall–Kier alpha value is -0.860. The number of ether oxygens (including phenoxy) is 1. The van der Waals surface area contributed by atoms with E-state index in [9.17, 15) is 0 Å². The maximum Gasteiger partial charge on any atom is 0.188 e. The second-order valence-corrected chi connectivity index (χ2v) is 7.81. The van der Waals surface area contributed by atoms with Crippen LogP contribution in [0.4, 0.5) is 0 Å². The van der Waals surface area contributed by atoms with Crippen LogP contribution in [0.2, 0.25) is 0 Å². The average Bonchev–Trinajstić information content (AvgIpc) is 2.69. The minimum absolute atomic E-state index is 0. The summed E-state index contributed by atoms with van der Waals surface area (Å²) in [5, 5.41) is 3.29. The van der Waals surface area contributed by atoms with E-state index in [2.05, 4.69) is 34.5 Å². The lowest BCUT2D eigenvalue weighted by Crippen LogP contribution is -2.46. The predicted molar refractivity (Wildman–Crippen MR) is 123 cm³/mol. The van der Waals surface area contributed by atoms with Crippen LogP contribution < -0.4 is 11.1 Å². The Morgan fingerprint density at radius 1 is 1.11 bits per heavy atom. The van der Waals surface area contributed by atoms with Gasteiger partial charge in [-0.1, -0.05) is 49.6 Å². The van der Waals surface area contributed by atoms with Gasteiger partial charge in [0.05, 0.1) is 13.2 Å². The molecule has 0 bridgehead atoms. The summed E-state index contributed by atoms with van der Waals surface area (Å²) < 4.78 is 5.50. The Morgan fingerprint density at radius 3 is 2.52 bits per heavy atom. The van der Waals surface area contributed by atoms with Crippen LogP contribution in [0.15, 0.2) is 35.3 Å². The number of hydrogen-bond donors (Lipinski definition) is 2. The van der Waals surface area contributed by atoms with Gasteiger partial charge in [0.15, 0.2) is 5.96 Å². The monoisotopic (exact) mass is 486 g/mol. The lowest BCUT2D eigenvalue weighted by Gasteiger charge is -2.41. The fraction of sp³-hybridized carbons (Fsp3) is 0.667. The van der Waals surface area contributed by atoms with Gasteiger partial charge in [-0.15, -0.1) is 24.0 Å². The van der Waals surface area contributed by atoms with E-state index in [4.69, 9.17) is 15.5 Å². The number of benzene rings is 1. The molecule has 27 heavy (non-hydrogen) atoms. The van der Waals surface area contributed by atoms with Gasteiger partial charge in [0.2, 0.25) is 0 Å². The number of morpholine rings is 1. The molecule has 0 unspecified atom stereocenters. The Balaban J connectivity index is 0.00000261. The molecule has 2 aliphatic rings. The van der Waals surface area contributed by atoms with E-state index < -0.39 is 0 Å². The van der Waals surface area contributed by atoms with Crippen molar-refractivity contribution in [2.75, 3.05) is 45.9 Å². The topological polar surface area (TPSA) is 62.9 Å². The average molecular weight is 486 g/mol. The highest BCUT2D eigenvalue weighted by Crippen LogP contribution is 2.37. The normalized spacial score (nSPS) is 20.7. The predicted octanol–water partition coefficient (Wildman–Crippen LogP) is 3.03. The molecule has 0 spiro atoms. The third-order valence-corrected chi connectivity index (χ3v) is 5.72. The standard InChI is InChI=1S/C21H34N4O.HI/c22-20(23-12-9-19-7-3-1-4-8-19)24-17-21(10-5-2-6-11-21)18-25-13-15-26-16-14-25;/h1,3-4,7-8H,2,5-6,9-18H2,(H3,22,23,24);1H. The van der Waals surface area contributed by atoms with Crippen molar-refractivity contribution in [3.8, 4) is 0 Å². The van der Waals surface area contributed by atoms with Crippen molar-refractivity contribution in [2.24, 2.45) is 16.1 Å². The Morgan fingerprint density at radius 2 is 1.81 bits per heavy atom. The molecule has 2 fully saturated rings. The van der Waals surface area contributed by atoms with E-state index in [0.717, 1.165) is 52.4 Å². The van der Waals surface area contributed by atoms with Crippen LogP contribution in [-0.2, 0) is 11.2 Å². The maximum absolute atomic E-state index is 6.15. The third-order valence-electron chi connectivity index (χ3n) is 5.72. The molecule has 152 valence electrons. The minimum Gasteiger partial charge on any atom is -0.379 e. The van der Waals surface area contributed by atoms with Crippen molar-refractivity contribution < 1.29 is 4.74 Å². The number of nitrogens with zero attached hydrogens (tertiary/aromatic N) is 2. The van der Waals surface area contributed by atoms with Gasteiger partial charge in [-0.3, -0.25) is 9.89 Å². The van der Waals surface area contributed by atoms with Crippen LogP contribution in [0, 0.1) is 5.41 Å². The van der Waals surface area contributed by atoms with Crippen LogP contribution in [0.25, 0.3) is 0 Å². The van der Waals surface area contributed by atoms with Gasteiger partial charge >= 0.3 is 0 Å². The second-order valence-electron chi connectivity index (χ2n) is 7.81. The fourth-order valence-corrected chi connectivity index (χ4v) is 4.19. The van der Waals surface area contributed by atoms with Crippen LogP contribution >= 0.6 is 24.0 Å². The van der Waals surface area contributed by atoms with E-state index in [1.165, 1.54) is 37.7 Å². The summed E-state index contributed by atoms with van der Waals surface area (Å²) in [7, 11) is 0. The largest absolute Gasteiger partial charge is 0.379 e. The molecular formula is C21H35IN4O. The van der Waals surface area contributed by atoms with E-state index in [0.29, 0.717) is 11.4 Å². The lowest BCUT2D eigenvalue weighted by atomic mass is 9.73. The molecule has 0 atom stereocenters. The van der Waals surface area contributed by atoms with Gasteiger partial charge in [0.25, 0.3) is 0 Å². The lowest BCUT2D eigenvalue weighted by molar-refractivity contribution is 0.00939. The Kier molecular flexibility index (Phi) is 9.86. The minimum atomic E-state index is 0. The number of rotatable bonds is 7. The summed E-state index contributed by atoms with van der Waals surface area (Å²) in [5.41, 5.74) is 7.77. The zero-order valence-electron chi connectivity index (χ0n) is 16.4. The number of aliphatic imine (C=N–C) groups is 1. The summed E-state index contributed by atoms with van der Waals surface area (Å²) in [4.78, 5) is 7.30. The van der Waals surface area contributed by atoms with Crippen LogP contribution in [-0.4, -0.2) is 56.8 Å². The van der Waals surface area contributed by atoms with Gasteiger partial charge in [-0.25, -0.2) is 0 Å². The van der Waals surface area contributed by atoms with Crippen LogP contribution in [0.1, 0.15) is 37.7 Å². The number of guanidine groups is 1. The van der Waals surface area contributed by atoms with Crippen molar-refractivity contribution in [1.29, 1.82) is 0 Å². The molecule has 1 aromatic rings. The number of nitrogens with two attached hydrogens (primary N) is 1. The van der Waals surface area contributed by atoms with E-state index in [-0.39, 0.29) is 24.0 Å². The molecule has 0 radical (unpaired) electrons. The molecule has 1 saturated heterocycles. The van der Waals surface area contributed by atoms with Crippen LogP contribution in [0.3, 0.4) is 0 Å². The van der Waals surface area contributed by atoms with Gasteiger partial charge in [0, 0.05) is 38.1 Å². The first-order valence-corrected chi connectivity index (χ1v) is 10.1. The molecule has 1 saturated carbocycles. The maximum atomic E-state index is 6.15. The smallest absolute Gasteiger partial charge is 0.188 e. The van der Waals surface area contributed by atoms with Crippen molar-refractivity contribution in [3.63, 3.8) is 0 Å². The first-order valence-electron chi connectivity index (χ1n) is 10.1. The summed E-state index contributed by atoms with van der Waals surface area (Å²) in [6.45, 7) is 6.64. The van der Waals surface area contributed by atoms with Crippen molar-refractivity contribution >= 4 is 29.9 Å². The highest BCUT2D eigenvalue weighted by molar-refractivity contribution is 14.0. The number of hydrogen-bond acceptors (Lipinski definition) is 3. The highest BCUT2D eigenvalue weighted by Gasteiger charge is 2.34. The quantitative estimate of drug-likeness (QED) is 0.354. The zero-order valence-corrected chi connectivity index (χ0v) is 18.7. The number of nitrogens with one attached hydrogen (secondary N) is 1. The Bertz CT molecular complexity index is 555. The molecule has 0 aromatic heterocycles. The summed E-state index contributed by atoms with van der Waals surface area (Å²) in [6.07, 6.45) is 7.51. The molecule has 3 rings (SSSR count). The number of halogens is 1. The van der Waals surface area contributed by atoms with Crippen molar-refractivity contribution in [1.82, 2.24) is 10.2 Å². The molecule has 3 N–H and O–H groups in total. The summed E-state index contributed by atoms with van der Waals surface area (Å²) in [6, 6.07) is 10.5. The summed E-state index contributed by atoms with van der Waals surface area (Å²) in [5.74, 6) is 0.591. The Labute approximate surface area is 181 Å². The van der Waals surface area contributed by atoms with Crippen molar-refractivity contribution in [3.05, 3.63) is 35.9 Å². The molecule has 1 aromatic carbocycles. The van der Waals surface area contributed by atoms with Gasteiger partial charge < -0.3 is 15.8 Å². The molecule has 5 nitrogen and oxygen atoms in total.